The first-order chi connectivity index (χ1) is 9.47. The van der Waals surface area contributed by atoms with E-state index in [0.717, 1.165) is 0 Å². The molecule has 1 atom stereocenters. The maximum atomic E-state index is 12.3. The maximum Gasteiger partial charge on any atom is 0.320 e. The van der Waals surface area contributed by atoms with E-state index >= 15 is 0 Å². The summed E-state index contributed by atoms with van der Waals surface area (Å²) in [5.74, 6) is -1.03. The second-order valence-electron chi connectivity index (χ2n) is 5.06. The van der Waals surface area contributed by atoms with E-state index in [1.54, 1.807) is 16.8 Å². The van der Waals surface area contributed by atoms with Crippen molar-refractivity contribution in [3.8, 4) is 0 Å². The molecule has 0 aromatic heterocycles. The standard InChI is InChI=1S/C12H19N3O5/c1-13-2-3-14(8-10(13)16)12(19)15-4-5-20-9(7-15)6-11(17)18/h9H,2-8H2,1H3,(H,17,18). The predicted octanol–water partition coefficient (Wildman–Crippen LogP) is -0.944. The van der Waals surface area contributed by atoms with Crippen LogP contribution in [0, 0.1) is 0 Å². The van der Waals surface area contributed by atoms with E-state index in [1.165, 1.54) is 4.90 Å². The number of ether oxygens (including phenoxy) is 1. The van der Waals surface area contributed by atoms with Crippen molar-refractivity contribution in [2.75, 3.05) is 46.4 Å². The molecule has 2 heterocycles. The van der Waals surface area contributed by atoms with Crippen LogP contribution < -0.4 is 0 Å². The number of hydrogen-bond donors (Lipinski definition) is 1. The highest BCUT2D eigenvalue weighted by Gasteiger charge is 2.31. The minimum atomic E-state index is -0.945. The van der Waals surface area contributed by atoms with Crippen LogP contribution in [0.25, 0.3) is 0 Å². The summed E-state index contributed by atoms with van der Waals surface area (Å²) in [5, 5.41) is 8.76. The Balaban J connectivity index is 1.91. The molecule has 3 amide bonds. The number of likely N-dealkylation sites (N-methyl/N-ethyl adjacent to an activating group) is 1. The Morgan fingerprint density at radius 3 is 2.70 bits per heavy atom. The van der Waals surface area contributed by atoms with Gasteiger partial charge in [0.15, 0.2) is 0 Å². The van der Waals surface area contributed by atoms with Gasteiger partial charge in [0.2, 0.25) is 5.91 Å². The van der Waals surface area contributed by atoms with Gasteiger partial charge < -0.3 is 24.5 Å². The second-order valence-corrected chi connectivity index (χ2v) is 5.06. The molecular weight excluding hydrogens is 266 g/mol. The van der Waals surface area contributed by atoms with Crippen molar-refractivity contribution in [2.45, 2.75) is 12.5 Å². The summed E-state index contributed by atoms with van der Waals surface area (Å²) >= 11 is 0. The van der Waals surface area contributed by atoms with Crippen LogP contribution in [0.5, 0.6) is 0 Å². The smallest absolute Gasteiger partial charge is 0.320 e. The van der Waals surface area contributed by atoms with Gasteiger partial charge in [-0.25, -0.2) is 4.79 Å². The Bertz CT molecular complexity index is 414. The number of carbonyl (C=O) groups excluding carboxylic acids is 2. The molecule has 2 saturated heterocycles. The van der Waals surface area contributed by atoms with Crippen LogP contribution in [0.3, 0.4) is 0 Å². The van der Waals surface area contributed by atoms with Gasteiger partial charge in [-0.1, -0.05) is 0 Å². The van der Waals surface area contributed by atoms with E-state index in [-0.39, 0.29) is 31.4 Å². The second kappa shape index (κ2) is 6.08. The van der Waals surface area contributed by atoms with Gasteiger partial charge in [-0.05, 0) is 0 Å². The van der Waals surface area contributed by atoms with Crippen LogP contribution in [-0.2, 0) is 14.3 Å². The third-order valence-electron chi connectivity index (χ3n) is 3.54. The number of aliphatic carboxylic acids is 1. The molecule has 0 aromatic rings. The van der Waals surface area contributed by atoms with Crippen molar-refractivity contribution in [3.63, 3.8) is 0 Å². The zero-order valence-electron chi connectivity index (χ0n) is 11.4. The van der Waals surface area contributed by atoms with Gasteiger partial charge in [0.1, 0.15) is 6.54 Å². The van der Waals surface area contributed by atoms with Crippen molar-refractivity contribution in [2.24, 2.45) is 0 Å². The molecule has 0 aromatic carbocycles. The lowest BCUT2D eigenvalue weighted by atomic mass is 10.2. The van der Waals surface area contributed by atoms with E-state index in [2.05, 4.69) is 0 Å². The highest BCUT2D eigenvalue weighted by molar-refractivity contribution is 5.85. The Morgan fingerprint density at radius 1 is 1.30 bits per heavy atom. The average Bonchev–Trinajstić information content (AvgIpc) is 2.40. The summed E-state index contributed by atoms with van der Waals surface area (Å²) in [4.78, 5) is 39.3. The summed E-state index contributed by atoms with van der Waals surface area (Å²) in [7, 11) is 1.71. The number of urea groups is 1. The number of piperazine rings is 1. The van der Waals surface area contributed by atoms with Crippen molar-refractivity contribution in [1.82, 2.24) is 14.7 Å². The largest absolute Gasteiger partial charge is 0.481 e. The highest BCUT2D eigenvalue weighted by atomic mass is 16.5. The Kier molecular flexibility index (Phi) is 4.43. The summed E-state index contributed by atoms with van der Waals surface area (Å²) in [6.07, 6.45) is -0.598. The Labute approximate surface area is 116 Å². The first-order valence-electron chi connectivity index (χ1n) is 6.58. The molecule has 20 heavy (non-hydrogen) atoms. The van der Waals surface area contributed by atoms with E-state index in [9.17, 15) is 14.4 Å². The van der Waals surface area contributed by atoms with Gasteiger partial charge in [0, 0.05) is 33.2 Å². The predicted molar refractivity (Wildman–Crippen MR) is 68.2 cm³/mol. The van der Waals surface area contributed by atoms with Crippen LogP contribution >= 0.6 is 0 Å². The summed E-state index contributed by atoms with van der Waals surface area (Å²) in [6, 6.07) is -0.217. The van der Waals surface area contributed by atoms with Gasteiger partial charge in [-0.15, -0.1) is 0 Å². The lowest BCUT2D eigenvalue weighted by molar-refractivity contribution is -0.141. The SMILES string of the molecule is CN1CCN(C(=O)N2CCOC(CC(=O)O)C2)CC1=O. The summed E-state index contributed by atoms with van der Waals surface area (Å²) in [6.45, 7) is 2.11. The quantitative estimate of drug-likeness (QED) is 0.707. The van der Waals surface area contributed by atoms with Crippen LogP contribution in [0.15, 0.2) is 0 Å². The third kappa shape index (κ3) is 3.38. The molecule has 8 heteroatoms. The fourth-order valence-electron chi connectivity index (χ4n) is 2.33. The normalized spacial score (nSPS) is 23.9. The lowest BCUT2D eigenvalue weighted by Crippen LogP contribution is -2.57. The Morgan fingerprint density at radius 2 is 2.05 bits per heavy atom. The molecule has 2 aliphatic heterocycles. The number of hydrogen-bond acceptors (Lipinski definition) is 4. The molecule has 0 saturated carbocycles. The molecule has 1 unspecified atom stereocenters. The zero-order chi connectivity index (χ0) is 14.7. The van der Waals surface area contributed by atoms with Crippen LogP contribution in [0.4, 0.5) is 4.79 Å². The summed E-state index contributed by atoms with van der Waals surface area (Å²) in [5.41, 5.74) is 0. The van der Waals surface area contributed by atoms with Crippen LogP contribution in [-0.4, -0.2) is 90.2 Å². The van der Waals surface area contributed by atoms with Gasteiger partial charge in [0.25, 0.3) is 0 Å². The summed E-state index contributed by atoms with van der Waals surface area (Å²) < 4.78 is 5.33. The van der Waals surface area contributed by atoms with Crippen LogP contribution in [0.2, 0.25) is 0 Å². The van der Waals surface area contributed by atoms with E-state index < -0.39 is 12.1 Å². The highest BCUT2D eigenvalue weighted by Crippen LogP contribution is 2.12. The van der Waals surface area contributed by atoms with Gasteiger partial charge in [-0.3, -0.25) is 9.59 Å². The number of morpholine rings is 1. The molecule has 8 nitrogen and oxygen atoms in total. The molecule has 2 fully saturated rings. The minimum Gasteiger partial charge on any atom is -0.481 e. The van der Waals surface area contributed by atoms with Gasteiger partial charge >= 0.3 is 12.0 Å². The van der Waals surface area contributed by atoms with Crippen molar-refractivity contribution < 1.29 is 24.2 Å². The van der Waals surface area contributed by atoms with Crippen molar-refractivity contribution in [1.29, 1.82) is 0 Å². The fraction of sp³-hybridized carbons (Fsp3) is 0.750. The van der Waals surface area contributed by atoms with E-state index in [0.29, 0.717) is 26.2 Å². The number of rotatable bonds is 2. The fourth-order valence-corrected chi connectivity index (χ4v) is 2.33. The minimum absolute atomic E-state index is 0.0797. The van der Waals surface area contributed by atoms with Gasteiger partial charge in [0.05, 0.1) is 19.1 Å². The maximum absolute atomic E-state index is 12.3. The van der Waals surface area contributed by atoms with E-state index in [4.69, 9.17) is 9.84 Å². The number of carboxylic acids is 1. The molecule has 1 N–H and O–H groups in total. The number of carbonyl (C=O) groups is 3. The molecule has 0 spiro atoms. The third-order valence-corrected chi connectivity index (χ3v) is 3.54. The van der Waals surface area contributed by atoms with Gasteiger partial charge in [-0.2, -0.15) is 0 Å². The topological polar surface area (TPSA) is 90.4 Å². The molecular formula is C12H19N3O5. The average molecular weight is 285 g/mol. The molecule has 112 valence electrons. The van der Waals surface area contributed by atoms with Crippen molar-refractivity contribution >= 4 is 17.9 Å². The molecule has 2 aliphatic rings. The first-order valence-corrected chi connectivity index (χ1v) is 6.58. The van der Waals surface area contributed by atoms with Crippen LogP contribution in [0.1, 0.15) is 6.42 Å². The first kappa shape index (κ1) is 14.6. The Hall–Kier alpha value is -1.83. The number of amides is 3. The number of carboxylic acid groups (broad SMARTS) is 1. The van der Waals surface area contributed by atoms with E-state index in [1.807, 2.05) is 0 Å². The molecule has 2 rings (SSSR count). The monoisotopic (exact) mass is 285 g/mol. The lowest BCUT2D eigenvalue weighted by Gasteiger charge is -2.38. The molecule has 0 radical (unpaired) electrons. The molecule has 0 bridgehead atoms. The molecule has 0 aliphatic carbocycles. The number of nitrogens with zero attached hydrogens (tertiary/aromatic N) is 3. The zero-order valence-corrected chi connectivity index (χ0v) is 11.4. The van der Waals surface area contributed by atoms with Crippen molar-refractivity contribution in [3.05, 3.63) is 0 Å².